The van der Waals surface area contributed by atoms with Crippen molar-refractivity contribution in [2.24, 2.45) is 0 Å². The van der Waals surface area contributed by atoms with E-state index in [1.54, 1.807) is 30.3 Å². The summed E-state index contributed by atoms with van der Waals surface area (Å²) in [5, 5.41) is 4.72. The molecular formula is C30H23ClN2O4S. The summed E-state index contributed by atoms with van der Waals surface area (Å²) >= 11 is 6.80. The van der Waals surface area contributed by atoms with Crippen LogP contribution in [0.2, 0.25) is 5.02 Å². The molecule has 0 bridgehead atoms. The first-order chi connectivity index (χ1) is 18.4. The summed E-state index contributed by atoms with van der Waals surface area (Å²) in [6, 6.07) is 26.2. The van der Waals surface area contributed by atoms with Gasteiger partial charge >= 0.3 is 0 Å². The number of hydrogen-bond donors (Lipinski definition) is 1. The highest BCUT2D eigenvalue weighted by Gasteiger charge is 2.36. The van der Waals surface area contributed by atoms with E-state index in [1.807, 2.05) is 67.6 Å². The number of carbonyl (C=O) groups excluding carboxylic acids is 3. The van der Waals surface area contributed by atoms with Crippen molar-refractivity contribution in [3.05, 3.63) is 112 Å². The van der Waals surface area contributed by atoms with Crippen molar-refractivity contribution >= 4 is 63.0 Å². The quantitative estimate of drug-likeness (QED) is 0.253. The molecule has 0 spiro atoms. The molecule has 8 heteroatoms. The average molecular weight is 543 g/mol. The Morgan fingerprint density at radius 2 is 1.71 bits per heavy atom. The van der Waals surface area contributed by atoms with Gasteiger partial charge in [0.1, 0.15) is 18.9 Å². The van der Waals surface area contributed by atoms with Crippen molar-refractivity contribution < 1.29 is 19.1 Å². The first-order valence-electron chi connectivity index (χ1n) is 11.9. The number of aryl methyl sites for hydroxylation is 1. The van der Waals surface area contributed by atoms with Crippen LogP contribution in [0.3, 0.4) is 0 Å². The van der Waals surface area contributed by atoms with Gasteiger partial charge in [-0.2, -0.15) is 0 Å². The Balaban J connectivity index is 1.39. The van der Waals surface area contributed by atoms with E-state index in [-0.39, 0.29) is 11.4 Å². The van der Waals surface area contributed by atoms with Crippen LogP contribution in [-0.2, 0) is 16.2 Å². The Morgan fingerprint density at radius 1 is 0.974 bits per heavy atom. The van der Waals surface area contributed by atoms with Gasteiger partial charge in [0.2, 0.25) is 5.91 Å². The number of benzene rings is 4. The number of thioether (sulfide) groups is 1. The van der Waals surface area contributed by atoms with Gasteiger partial charge in [0, 0.05) is 16.3 Å². The number of nitrogens with one attached hydrogen (secondary N) is 1. The molecule has 1 saturated heterocycles. The van der Waals surface area contributed by atoms with Crippen LogP contribution in [0, 0.1) is 6.92 Å². The van der Waals surface area contributed by atoms with E-state index in [4.69, 9.17) is 16.3 Å². The molecule has 0 saturated carbocycles. The molecule has 1 aliphatic heterocycles. The Bertz CT molecular complexity index is 1570. The number of anilines is 1. The third-order valence-corrected chi connectivity index (χ3v) is 7.18. The Morgan fingerprint density at radius 3 is 2.47 bits per heavy atom. The molecule has 1 fully saturated rings. The second-order valence-corrected chi connectivity index (χ2v) is 10.2. The lowest BCUT2D eigenvalue weighted by Gasteiger charge is -2.14. The predicted molar refractivity (Wildman–Crippen MR) is 152 cm³/mol. The fraction of sp³-hybridized carbons (Fsp3) is 0.100. The summed E-state index contributed by atoms with van der Waals surface area (Å²) in [6.07, 6.45) is 1.67. The molecule has 1 heterocycles. The van der Waals surface area contributed by atoms with Gasteiger partial charge in [0.25, 0.3) is 11.1 Å². The van der Waals surface area contributed by atoms with Gasteiger partial charge in [-0.3, -0.25) is 19.3 Å². The molecule has 0 atom stereocenters. The minimum Gasteiger partial charge on any atom is -0.488 e. The molecule has 6 nitrogen and oxygen atoms in total. The molecule has 1 aliphatic rings. The highest BCUT2D eigenvalue weighted by atomic mass is 35.5. The van der Waals surface area contributed by atoms with Crippen LogP contribution in [-0.4, -0.2) is 28.5 Å². The zero-order valence-corrected chi connectivity index (χ0v) is 22.0. The summed E-state index contributed by atoms with van der Waals surface area (Å²) in [5.41, 5.74) is 3.28. The first-order valence-corrected chi connectivity index (χ1v) is 13.1. The molecule has 5 rings (SSSR count). The summed E-state index contributed by atoms with van der Waals surface area (Å²) in [5.74, 6) is -0.396. The fourth-order valence-electron chi connectivity index (χ4n) is 4.04. The molecule has 0 unspecified atom stereocenters. The maximum absolute atomic E-state index is 13.2. The number of amides is 3. The number of fused-ring (bicyclic) bond motifs is 1. The maximum atomic E-state index is 13.2. The third kappa shape index (κ3) is 5.74. The van der Waals surface area contributed by atoms with Crippen molar-refractivity contribution in [2.75, 3.05) is 11.9 Å². The smallest absolute Gasteiger partial charge is 0.294 e. The predicted octanol–water partition coefficient (Wildman–Crippen LogP) is 7.06. The van der Waals surface area contributed by atoms with Crippen LogP contribution in [0.1, 0.15) is 16.7 Å². The Kier molecular flexibility index (Phi) is 7.49. The van der Waals surface area contributed by atoms with Crippen molar-refractivity contribution in [1.29, 1.82) is 0 Å². The van der Waals surface area contributed by atoms with Crippen molar-refractivity contribution in [3.63, 3.8) is 0 Å². The topological polar surface area (TPSA) is 75.7 Å². The van der Waals surface area contributed by atoms with Crippen molar-refractivity contribution in [3.8, 4) is 5.75 Å². The van der Waals surface area contributed by atoms with Crippen LogP contribution < -0.4 is 10.1 Å². The Hall–Kier alpha value is -4.07. The van der Waals surface area contributed by atoms with Crippen LogP contribution in [0.25, 0.3) is 16.8 Å². The van der Waals surface area contributed by atoms with E-state index in [1.165, 1.54) is 0 Å². The van der Waals surface area contributed by atoms with Gasteiger partial charge < -0.3 is 10.1 Å². The zero-order valence-electron chi connectivity index (χ0n) is 20.4. The molecule has 4 aromatic rings. The van der Waals surface area contributed by atoms with E-state index < -0.39 is 17.1 Å². The largest absolute Gasteiger partial charge is 0.488 e. The number of hydrogen-bond acceptors (Lipinski definition) is 5. The second kappa shape index (κ2) is 11.1. The maximum Gasteiger partial charge on any atom is 0.294 e. The third-order valence-electron chi connectivity index (χ3n) is 6.02. The SMILES string of the molecule is Cc1ccc(NC(=O)CN2C(=O)S/C(=C/c3c(OCc4ccc(Cl)cc4)ccc4ccccc34)C2=O)cc1. The highest BCUT2D eigenvalue weighted by molar-refractivity contribution is 8.18. The lowest BCUT2D eigenvalue weighted by Crippen LogP contribution is -2.36. The van der Waals surface area contributed by atoms with Crippen molar-refractivity contribution in [1.82, 2.24) is 4.90 Å². The van der Waals surface area contributed by atoms with Crippen LogP contribution in [0.5, 0.6) is 5.75 Å². The van der Waals surface area contributed by atoms with Crippen LogP contribution >= 0.6 is 23.4 Å². The van der Waals surface area contributed by atoms with E-state index in [0.29, 0.717) is 28.6 Å². The molecule has 190 valence electrons. The van der Waals surface area contributed by atoms with Gasteiger partial charge in [0.05, 0.1) is 4.91 Å². The normalized spacial score (nSPS) is 14.4. The zero-order chi connectivity index (χ0) is 26.6. The number of rotatable bonds is 7. The monoisotopic (exact) mass is 542 g/mol. The van der Waals surface area contributed by atoms with Gasteiger partial charge in [-0.1, -0.05) is 71.8 Å². The lowest BCUT2D eigenvalue weighted by molar-refractivity contribution is -0.127. The number of nitrogens with zero attached hydrogens (tertiary/aromatic N) is 1. The number of imide groups is 1. The van der Waals surface area contributed by atoms with Crippen molar-refractivity contribution in [2.45, 2.75) is 13.5 Å². The number of carbonyl (C=O) groups is 3. The summed E-state index contributed by atoms with van der Waals surface area (Å²) < 4.78 is 6.14. The van der Waals surface area contributed by atoms with Gasteiger partial charge in [0.15, 0.2) is 0 Å². The summed E-state index contributed by atoms with van der Waals surface area (Å²) in [4.78, 5) is 39.7. The van der Waals surface area contributed by atoms with Crippen LogP contribution in [0.4, 0.5) is 10.5 Å². The van der Waals surface area contributed by atoms with E-state index >= 15 is 0 Å². The fourth-order valence-corrected chi connectivity index (χ4v) is 4.99. The molecule has 0 radical (unpaired) electrons. The van der Waals surface area contributed by atoms with Crippen LogP contribution in [0.15, 0.2) is 89.8 Å². The van der Waals surface area contributed by atoms with Gasteiger partial charge in [-0.05, 0) is 71.4 Å². The standard InChI is InChI=1S/C30H23ClN2O4S/c1-19-6-13-23(14-7-19)32-28(34)17-33-29(35)27(38-30(33)36)16-25-24-5-3-2-4-21(24)10-15-26(25)37-18-20-8-11-22(31)12-9-20/h2-16H,17-18H2,1H3,(H,32,34)/b27-16+. The minimum atomic E-state index is -0.518. The minimum absolute atomic E-state index is 0.228. The summed E-state index contributed by atoms with van der Waals surface area (Å²) in [6.45, 7) is 1.88. The number of ether oxygens (including phenoxy) is 1. The van der Waals surface area contributed by atoms with E-state index in [2.05, 4.69) is 5.32 Å². The number of halogens is 1. The van der Waals surface area contributed by atoms with E-state index in [0.717, 1.165) is 38.6 Å². The first kappa shape index (κ1) is 25.6. The average Bonchev–Trinajstić information content (AvgIpc) is 3.17. The lowest BCUT2D eigenvalue weighted by atomic mass is 10.0. The Labute approximate surface area is 229 Å². The van der Waals surface area contributed by atoms with E-state index in [9.17, 15) is 14.4 Å². The highest BCUT2D eigenvalue weighted by Crippen LogP contribution is 2.37. The molecule has 1 N–H and O–H groups in total. The molecule has 0 aromatic heterocycles. The molecule has 0 aliphatic carbocycles. The molecule has 3 amide bonds. The second-order valence-electron chi connectivity index (χ2n) is 8.80. The summed E-state index contributed by atoms with van der Waals surface area (Å²) in [7, 11) is 0. The van der Waals surface area contributed by atoms with Gasteiger partial charge in [-0.15, -0.1) is 0 Å². The van der Waals surface area contributed by atoms with Gasteiger partial charge in [-0.25, -0.2) is 0 Å². The molecular weight excluding hydrogens is 520 g/mol. The molecule has 38 heavy (non-hydrogen) atoms. The molecule has 4 aromatic carbocycles.